The molecule has 2 rings (SSSR count). The second-order valence-corrected chi connectivity index (χ2v) is 6.63. The highest BCUT2D eigenvalue weighted by Crippen LogP contribution is 2.19. The molecule has 2 fully saturated rings. The Balaban J connectivity index is 0.000000776. The third-order valence-electron chi connectivity index (χ3n) is 4.17. The van der Waals surface area contributed by atoms with Crippen LogP contribution in [0.5, 0.6) is 0 Å². The lowest BCUT2D eigenvalue weighted by Crippen LogP contribution is -2.38. The topological polar surface area (TPSA) is 136 Å². The Labute approximate surface area is 166 Å². The van der Waals surface area contributed by atoms with Crippen LogP contribution in [0.15, 0.2) is 11.6 Å². The second-order valence-electron chi connectivity index (χ2n) is 6.63. The summed E-state index contributed by atoms with van der Waals surface area (Å²) in [6.45, 7) is 8.89. The number of hydrogen-bond donors (Lipinski definition) is 4. The number of rotatable bonds is 4. The number of aliphatic hydroxyl groups excluding tert-OH is 1. The molecule has 4 N–H and O–H groups in total. The number of esters is 1. The molecule has 1 unspecified atom stereocenters. The fourth-order valence-electron chi connectivity index (χ4n) is 2.84. The van der Waals surface area contributed by atoms with Crippen molar-refractivity contribution < 1.29 is 34.4 Å². The predicted octanol–water partition coefficient (Wildman–Crippen LogP) is 0.724. The van der Waals surface area contributed by atoms with Crippen LogP contribution in [0.3, 0.4) is 0 Å². The molecule has 0 aromatic rings. The summed E-state index contributed by atoms with van der Waals surface area (Å²) in [7, 11) is 0. The van der Waals surface area contributed by atoms with Gasteiger partial charge in [0.15, 0.2) is 0 Å². The Morgan fingerprint density at radius 3 is 2.14 bits per heavy atom. The van der Waals surface area contributed by atoms with Crippen LogP contribution < -0.4 is 5.32 Å². The lowest BCUT2D eigenvalue weighted by atomic mass is 9.96. The van der Waals surface area contributed by atoms with E-state index in [1.807, 2.05) is 6.92 Å². The van der Waals surface area contributed by atoms with Crippen molar-refractivity contribution in [2.24, 2.45) is 5.92 Å². The molecule has 2 aliphatic heterocycles. The van der Waals surface area contributed by atoms with Gasteiger partial charge in [0.2, 0.25) is 0 Å². The maximum atomic E-state index is 11.7. The van der Waals surface area contributed by atoms with E-state index in [2.05, 4.69) is 16.3 Å². The second kappa shape index (κ2) is 15.0. The molecule has 1 atom stereocenters. The van der Waals surface area contributed by atoms with Crippen molar-refractivity contribution in [2.45, 2.75) is 46.1 Å². The Kier molecular flexibility index (Phi) is 14.0. The van der Waals surface area contributed by atoms with Crippen molar-refractivity contribution in [3.05, 3.63) is 11.6 Å². The summed E-state index contributed by atoms with van der Waals surface area (Å²) in [6, 6.07) is 0. The third-order valence-corrected chi connectivity index (χ3v) is 4.17. The van der Waals surface area contributed by atoms with Gasteiger partial charge in [-0.05, 0) is 51.4 Å². The van der Waals surface area contributed by atoms with Gasteiger partial charge in [-0.15, -0.1) is 0 Å². The fraction of sp³-hybridized carbons (Fsp3) is 0.737. The summed E-state index contributed by atoms with van der Waals surface area (Å²) in [5.41, 5.74) is 1.10. The first-order valence-electron chi connectivity index (χ1n) is 9.53. The average Bonchev–Trinajstić information content (AvgIpc) is 2.61. The SMILES string of the molecule is CC(=O)O.CC(=O)O.CCOC(=O)C1CCN(C/C=C2\CNCCC2O)CC1. The minimum atomic E-state index is -0.833. The molecule has 9 nitrogen and oxygen atoms in total. The van der Waals surface area contributed by atoms with Gasteiger partial charge in [0.1, 0.15) is 0 Å². The van der Waals surface area contributed by atoms with Crippen LogP contribution in [-0.4, -0.2) is 83.6 Å². The van der Waals surface area contributed by atoms with Crippen LogP contribution in [0, 0.1) is 5.92 Å². The number of hydrogen-bond acceptors (Lipinski definition) is 7. The van der Waals surface area contributed by atoms with Gasteiger partial charge in [-0.25, -0.2) is 0 Å². The summed E-state index contributed by atoms with van der Waals surface area (Å²) in [5.74, 6) is -1.64. The molecule has 0 spiro atoms. The first-order chi connectivity index (χ1) is 13.2. The largest absolute Gasteiger partial charge is 0.481 e. The number of ether oxygens (including phenoxy) is 1. The summed E-state index contributed by atoms with van der Waals surface area (Å²) in [5, 5.41) is 28.0. The number of likely N-dealkylation sites (tertiary alicyclic amines) is 1. The van der Waals surface area contributed by atoms with E-state index in [1.165, 1.54) is 0 Å². The maximum absolute atomic E-state index is 11.7. The number of carbonyl (C=O) groups excluding carboxylic acids is 1. The Hall–Kier alpha value is -1.97. The highest BCUT2D eigenvalue weighted by molar-refractivity contribution is 5.72. The normalized spacial score (nSPS) is 21.6. The van der Waals surface area contributed by atoms with Crippen molar-refractivity contribution in [1.29, 1.82) is 0 Å². The van der Waals surface area contributed by atoms with E-state index in [-0.39, 0.29) is 18.0 Å². The number of carbonyl (C=O) groups is 3. The molecule has 0 aliphatic carbocycles. The van der Waals surface area contributed by atoms with Gasteiger partial charge in [-0.1, -0.05) is 6.08 Å². The van der Waals surface area contributed by atoms with Crippen LogP contribution in [0.2, 0.25) is 0 Å². The van der Waals surface area contributed by atoms with E-state index in [1.54, 1.807) is 0 Å². The Morgan fingerprint density at radius 1 is 1.14 bits per heavy atom. The summed E-state index contributed by atoms with van der Waals surface area (Å²) < 4.78 is 5.08. The summed E-state index contributed by atoms with van der Waals surface area (Å²) in [4.78, 5) is 32.0. The van der Waals surface area contributed by atoms with Crippen LogP contribution in [0.1, 0.15) is 40.0 Å². The molecule has 0 aromatic carbocycles. The molecule has 0 amide bonds. The van der Waals surface area contributed by atoms with E-state index >= 15 is 0 Å². The summed E-state index contributed by atoms with van der Waals surface area (Å²) in [6.07, 6.45) is 4.41. The Bertz CT molecular complexity index is 494. The van der Waals surface area contributed by atoms with Crippen LogP contribution in [-0.2, 0) is 19.1 Å². The van der Waals surface area contributed by atoms with Crippen LogP contribution in [0.25, 0.3) is 0 Å². The molecular weight excluding hydrogens is 368 g/mol. The van der Waals surface area contributed by atoms with E-state index in [0.29, 0.717) is 6.61 Å². The molecule has 0 radical (unpaired) electrons. The van der Waals surface area contributed by atoms with Gasteiger partial charge in [0.25, 0.3) is 11.9 Å². The fourth-order valence-corrected chi connectivity index (χ4v) is 2.84. The van der Waals surface area contributed by atoms with Gasteiger partial charge in [0.05, 0.1) is 18.6 Å². The minimum Gasteiger partial charge on any atom is -0.481 e. The smallest absolute Gasteiger partial charge is 0.309 e. The van der Waals surface area contributed by atoms with E-state index in [9.17, 15) is 9.90 Å². The third kappa shape index (κ3) is 13.2. The van der Waals surface area contributed by atoms with Crippen molar-refractivity contribution in [3.8, 4) is 0 Å². The van der Waals surface area contributed by atoms with Gasteiger partial charge in [-0.2, -0.15) is 0 Å². The first-order valence-corrected chi connectivity index (χ1v) is 9.53. The zero-order valence-corrected chi connectivity index (χ0v) is 17.0. The van der Waals surface area contributed by atoms with Crippen molar-refractivity contribution in [1.82, 2.24) is 10.2 Å². The van der Waals surface area contributed by atoms with Crippen molar-refractivity contribution in [3.63, 3.8) is 0 Å². The molecule has 0 saturated carbocycles. The number of carboxylic acids is 2. The zero-order valence-electron chi connectivity index (χ0n) is 17.0. The number of aliphatic carboxylic acids is 2. The number of piperidine rings is 2. The number of carboxylic acid groups (broad SMARTS) is 2. The lowest BCUT2D eigenvalue weighted by molar-refractivity contribution is -0.149. The monoisotopic (exact) mass is 402 g/mol. The standard InChI is InChI=1S/C15H26N2O3.2C2H4O2/c1-2-20-15(19)12-4-8-17(9-5-12)10-6-13-11-16-7-3-14(13)18;2*1-2(3)4/h6,12,14,16,18H,2-5,7-11H2,1H3;2*1H3,(H,3,4)/b13-6+;;. The van der Waals surface area contributed by atoms with Gasteiger partial charge in [-0.3, -0.25) is 19.3 Å². The van der Waals surface area contributed by atoms with Crippen molar-refractivity contribution in [2.75, 3.05) is 39.3 Å². The first kappa shape index (κ1) is 26.0. The predicted molar refractivity (Wildman–Crippen MR) is 104 cm³/mol. The minimum absolute atomic E-state index is 0.0441. The highest BCUT2D eigenvalue weighted by Gasteiger charge is 2.25. The molecule has 162 valence electrons. The van der Waals surface area contributed by atoms with Gasteiger partial charge >= 0.3 is 5.97 Å². The quantitative estimate of drug-likeness (QED) is 0.396. The molecule has 0 aromatic heterocycles. The highest BCUT2D eigenvalue weighted by atomic mass is 16.5. The Morgan fingerprint density at radius 2 is 1.68 bits per heavy atom. The lowest BCUT2D eigenvalue weighted by Gasteiger charge is -2.30. The van der Waals surface area contributed by atoms with E-state index in [0.717, 1.165) is 71.4 Å². The molecule has 2 heterocycles. The van der Waals surface area contributed by atoms with Crippen LogP contribution in [0.4, 0.5) is 0 Å². The molecule has 2 saturated heterocycles. The number of aliphatic hydroxyl groups is 1. The number of nitrogens with zero attached hydrogens (tertiary/aromatic N) is 1. The molecule has 28 heavy (non-hydrogen) atoms. The molecule has 2 aliphatic rings. The average molecular weight is 402 g/mol. The molecular formula is C19H34N2O7. The van der Waals surface area contributed by atoms with E-state index in [4.69, 9.17) is 24.5 Å². The number of nitrogens with one attached hydrogen (secondary N) is 1. The van der Waals surface area contributed by atoms with Gasteiger partial charge < -0.3 is 25.4 Å². The molecule has 9 heteroatoms. The van der Waals surface area contributed by atoms with Crippen LogP contribution >= 0.6 is 0 Å². The maximum Gasteiger partial charge on any atom is 0.309 e. The van der Waals surface area contributed by atoms with Gasteiger partial charge in [0, 0.05) is 26.9 Å². The summed E-state index contributed by atoms with van der Waals surface area (Å²) >= 11 is 0. The molecule has 0 bridgehead atoms. The van der Waals surface area contributed by atoms with Crippen molar-refractivity contribution >= 4 is 17.9 Å². The van der Waals surface area contributed by atoms with E-state index < -0.39 is 11.9 Å². The zero-order chi connectivity index (χ0) is 21.5.